The number of hydrogen-bond donors (Lipinski definition) is 0. The lowest BCUT2D eigenvalue weighted by molar-refractivity contribution is -0.0499. The minimum absolute atomic E-state index is 0.00274. The first kappa shape index (κ1) is 19.1. The number of benzene rings is 2. The van der Waals surface area contributed by atoms with Gasteiger partial charge in [0.15, 0.2) is 0 Å². The monoisotopic (exact) mass is 365 g/mol. The van der Waals surface area contributed by atoms with Crippen molar-refractivity contribution in [2.45, 2.75) is 51.0 Å². The second kappa shape index (κ2) is 8.35. The predicted octanol–water partition coefficient (Wildman–Crippen LogP) is 5.74. The van der Waals surface area contributed by atoms with Crippen LogP contribution in [0.15, 0.2) is 48.5 Å². The third-order valence-corrected chi connectivity index (χ3v) is 5.52. The van der Waals surface area contributed by atoms with E-state index in [4.69, 9.17) is 10.00 Å². The van der Waals surface area contributed by atoms with Gasteiger partial charge in [-0.25, -0.2) is 9.18 Å². The molecule has 0 bridgehead atoms. The molecule has 1 saturated carbocycles. The van der Waals surface area contributed by atoms with Gasteiger partial charge in [-0.1, -0.05) is 44.0 Å². The molecule has 1 fully saturated rings. The molecule has 0 amide bonds. The van der Waals surface area contributed by atoms with E-state index in [9.17, 15) is 9.18 Å². The van der Waals surface area contributed by atoms with E-state index in [1.807, 2.05) is 12.1 Å². The highest BCUT2D eigenvalue weighted by Gasteiger charge is 2.40. The van der Waals surface area contributed by atoms with Crippen molar-refractivity contribution in [2.75, 3.05) is 0 Å². The largest absolute Gasteiger partial charge is 0.451 e. The lowest BCUT2D eigenvalue weighted by Gasteiger charge is -2.40. The fourth-order valence-electron chi connectivity index (χ4n) is 3.99. The molecule has 3 rings (SSSR count). The summed E-state index contributed by atoms with van der Waals surface area (Å²) in [6.07, 6.45) is 5.51. The number of ether oxygens (including phenoxy) is 1. The van der Waals surface area contributed by atoms with Gasteiger partial charge < -0.3 is 4.74 Å². The van der Waals surface area contributed by atoms with Crippen molar-refractivity contribution in [3.05, 3.63) is 71.0 Å². The van der Waals surface area contributed by atoms with Gasteiger partial charge in [0.1, 0.15) is 17.5 Å². The number of halogens is 1. The Hall–Kier alpha value is -2.67. The van der Waals surface area contributed by atoms with Crippen LogP contribution in [-0.4, -0.2) is 5.97 Å². The number of nitrogens with zero attached hydrogens (tertiary/aromatic N) is 1. The molecule has 0 aromatic heterocycles. The molecule has 0 spiro atoms. The fraction of sp³-hybridized carbons (Fsp3) is 0.391. The molecule has 0 unspecified atom stereocenters. The Morgan fingerprint density at radius 2 is 1.93 bits per heavy atom. The number of nitriles is 1. The van der Waals surface area contributed by atoms with E-state index in [0.717, 1.165) is 25.7 Å². The van der Waals surface area contributed by atoms with Gasteiger partial charge in [-0.3, -0.25) is 0 Å². The molecule has 2 aromatic carbocycles. The Labute approximate surface area is 159 Å². The summed E-state index contributed by atoms with van der Waals surface area (Å²) in [5.74, 6) is -0.350. The van der Waals surface area contributed by atoms with E-state index in [-0.39, 0.29) is 5.56 Å². The number of esters is 1. The van der Waals surface area contributed by atoms with E-state index >= 15 is 0 Å². The van der Waals surface area contributed by atoms with Crippen LogP contribution in [0.25, 0.3) is 0 Å². The maximum Gasteiger partial charge on any atom is 0.339 e. The summed E-state index contributed by atoms with van der Waals surface area (Å²) in [6.45, 7) is 2.17. The van der Waals surface area contributed by atoms with Crippen LogP contribution in [0.4, 0.5) is 4.39 Å². The summed E-state index contributed by atoms with van der Waals surface area (Å²) in [6, 6.07) is 15.3. The van der Waals surface area contributed by atoms with Crippen LogP contribution in [-0.2, 0) is 10.3 Å². The highest BCUT2D eigenvalue weighted by molar-refractivity contribution is 5.89. The standard InChI is InChI=1S/C23H24FNO2/c1-2-6-17-11-13-23(14-12-17,20-10-9-19(16-25)21(24)15-20)27-22(26)18-7-4-3-5-8-18/h3-5,7-10,15,17H,2,6,11-14H2,1H3. The highest BCUT2D eigenvalue weighted by Crippen LogP contribution is 2.44. The number of carbonyl (C=O) groups is 1. The third kappa shape index (κ3) is 4.19. The first-order valence-electron chi connectivity index (χ1n) is 9.56. The third-order valence-electron chi connectivity index (χ3n) is 5.52. The molecule has 1 aliphatic carbocycles. The summed E-state index contributed by atoms with van der Waals surface area (Å²) in [7, 11) is 0. The average Bonchev–Trinajstić information content (AvgIpc) is 2.70. The molecule has 3 nitrogen and oxygen atoms in total. The van der Waals surface area contributed by atoms with Crippen LogP contribution in [0.5, 0.6) is 0 Å². The van der Waals surface area contributed by atoms with Gasteiger partial charge in [0.05, 0.1) is 11.1 Å². The molecule has 0 saturated heterocycles. The van der Waals surface area contributed by atoms with E-state index in [0.29, 0.717) is 29.9 Å². The average molecular weight is 365 g/mol. The van der Waals surface area contributed by atoms with Crippen LogP contribution in [0.2, 0.25) is 0 Å². The van der Waals surface area contributed by atoms with E-state index in [2.05, 4.69) is 6.92 Å². The SMILES string of the molecule is CCCC1CCC(OC(=O)c2ccccc2)(c2ccc(C#N)c(F)c2)CC1. The van der Waals surface area contributed by atoms with Gasteiger partial charge in [-0.05, 0) is 61.4 Å². The van der Waals surface area contributed by atoms with Crippen molar-refractivity contribution in [1.29, 1.82) is 5.26 Å². The molecule has 1 aliphatic rings. The molecular formula is C23H24FNO2. The molecule has 0 heterocycles. The Morgan fingerprint density at radius 1 is 1.22 bits per heavy atom. The molecular weight excluding hydrogens is 341 g/mol. The first-order chi connectivity index (χ1) is 13.1. The molecule has 27 heavy (non-hydrogen) atoms. The maximum absolute atomic E-state index is 14.3. The fourth-order valence-corrected chi connectivity index (χ4v) is 3.99. The van der Waals surface area contributed by atoms with Crippen molar-refractivity contribution in [3.8, 4) is 6.07 Å². The molecule has 2 aromatic rings. The normalized spacial score (nSPS) is 22.0. The lowest BCUT2D eigenvalue weighted by atomic mass is 9.73. The van der Waals surface area contributed by atoms with Crippen LogP contribution in [0.3, 0.4) is 0 Å². The Morgan fingerprint density at radius 3 is 2.52 bits per heavy atom. The second-order valence-corrected chi connectivity index (χ2v) is 7.29. The van der Waals surface area contributed by atoms with Crippen molar-refractivity contribution < 1.29 is 13.9 Å². The summed E-state index contributed by atoms with van der Waals surface area (Å²) in [4.78, 5) is 12.7. The molecule has 0 atom stereocenters. The summed E-state index contributed by atoms with van der Waals surface area (Å²) in [5, 5.41) is 9.00. The van der Waals surface area contributed by atoms with Gasteiger partial charge in [-0.15, -0.1) is 0 Å². The van der Waals surface area contributed by atoms with Crippen LogP contribution < -0.4 is 0 Å². The second-order valence-electron chi connectivity index (χ2n) is 7.29. The van der Waals surface area contributed by atoms with Gasteiger partial charge in [0, 0.05) is 0 Å². The Kier molecular flexibility index (Phi) is 5.91. The summed E-state index contributed by atoms with van der Waals surface area (Å²) >= 11 is 0. The molecule has 0 aliphatic heterocycles. The minimum atomic E-state index is -0.841. The van der Waals surface area contributed by atoms with Crippen molar-refractivity contribution >= 4 is 5.97 Å². The highest BCUT2D eigenvalue weighted by atomic mass is 19.1. The van der Waals surface area contributed by atoms with Gasteiger partial charge in [0.25, 0.3) is 0 Å². The number of carbonyl (C=O) groups excluding carboxylic acids is 1. The van der Waals surface area contributed by atoms with Crippen molar-refractivity contribution in [2.24, 2.45) is 5.92 Å². The summed E-state index contributed by atoms with van der Waals surface area (Å²) in [5.41, 5.74) is 0.286. The van der Waals surface area contributed by atoms with Gasteiger partial charge >= 0.3 is 5.97 Å². The molecule has 0 radical (unpaired) electrons. The predicted molar refractivity (Wildman–Crippen MR) is 102 cm³/mol. The van der Waals surface area contributed by atoms with E-state index < -0.39 is 17.4 Å². The van der Waals surface area contributed by atoms with Gasteiger partial charge in [-0.2, -0.15) is 5.26 Å². The number of hydrogen-bond acceptors (Lipinski definition) is 3. The Bertz CT molecular complexity index is 833. The van der Waals surface area contributed by atoms with E-state index in [1.54, 1.807) is 30.3 Å². The zero-order valence-corrected chi connectivity index (χ0v) is 15.6. The van der Waals surface area contributed by atoms with Crippen molar-refractivity contribution in [1.82, 2.24) is 0 Å². The van der Waals surface area contributed by atoms with Gasteiger partial charge in [0.2, 0.25) is 0 Å². The maximum atomic E-state index is 14.3. The Balaban J connectivity index is 1.91. The smallest absolute Gasteiger partial charge is 0.339 e. The lowest BCUT2D eigenvalue weighted by Crippen LogP contribution is -2.37. The molecule has 4 heteroatoms. The topological polar surface area (TPSA) is 50.1 Å². The minimum Gasteiger partial charge on any atom is -0.451 e. The van der Waals surface area contributed by atoms with Crippen LogP contribution >= 0.6 is 0 Å². The quantitative estimate of drug-likeness (QED) is 0.635. The first-order valence-corrected chi connectivity index (χ1v) is 9.56. The van der Waals surface area contributed by atoms with E-state index in [1.165, 1.54) is 12.1 Å². The van der Waals surface area contributed by atoms with Crippen molar-refractivity contribution in [3.63, 3.8) is 0 Å². The molecule has 140 valence electrons. The summed E-state index contributed by atoms with van der Waals surface area (Å²) < 4.78 is 20.3. The number of rotatable bonds is 5. The van der Waals surface area contributed by atoms with Crippen LogP contribution in [0, 0.1) is 23.1 Å². The zero-order chi connectivity index (χ0) is 19.3. The van der Waals surface area contributed by atoms with Crippen LogP contribution in [0.1, 0.15) is 66.9 Å². The molecule has 0 N–H and O–H groups in total. The zero-order valence-electron chi connectivity index (χ0n) is 15.6.